The number of carbonyl (C=O) groups is 4. The summed E-state index contributed by atoms with van der Waals surface area (Å²) in [5.74, 6) is -2.97. The van der Waals surface area contributed by atoms with Gasteiger partial charge in [0, 0.05) is 56.8 Å². The summed E-state index contributed by atoms with van der Waals surface area (Å²) in [6.07, 6.45) is 7.16. The highest BCUT2D eigenvalue weighted by molar-refractivity contribution is 7.12. The number of benzene rings is 1. The Labute approximate surface area is 256 Å². The number of imide groups is 1. The van der Waals surface area contributed by atoms with E-state index in [0.29, 0.717) is 23.5 Å². The monoisotopic (exact) mass is 617 g/mol. The zero-order valence-electron chi connectivity index (χ0n) is 25.3. The van der Waals surface area contributed by atoms with Gasteiger partial charge >= 0.3 is 5.97 Å². The number of thiophene rings is 1. The third-order valence-corrected chi connectivity index (χ3v) is 12.8. The van der Waals surface area contributed by atoms with Crippen LogP contribution in [-0.4, -0.2) is 75.4 Å². The van der Waals surface area contributed by atoms with Gasteiger partial charge in [-0.1, -0.05) is 19.2 Å². The minimum Gasteiger partial charge on any atom is -0.544 e. The molecule has 5 rings (SSSR count). The van der Waals surface area contributed by atoms with E-state index in [1.165, 1.54) is 10.4 Å². The third-order valence-electron chi connectivity index (χ3n) is 8.25. The molecule has 0 atom stereocenters. The largest absolute Gasteiger partial charge is 0.544 e. The van der Waals surface area contributed by atoms with Crippen molar-refractivity contribution in [3.63, 3.8) is 0 Å². The Bertz CT molecular complexity index is 1670. The van der Waals surface area contributed by atoms with Gasteiger partial charge in [0.2, 0.25) is 0 Å². The number of aromatic carboxylic acids is 1. The summed E-state index contributed by atoms with van der Waals surface area (Å²) >= 11 is 1.13. The molecule has 0 N–H and O–H groups in total. The van der Waals surface area contributed by atoms with Crippen molar-refractivity contribution in [3.8, 4) is 0 Å². The van der Waals surface area contributed by atoms with Crippen molar-refractivity contribution in [2.24, 2.45) is 0 Å². The molecule has 0 bridgehead atoms. The average Bonchev–Trinajstić information content (AvgIpc) is 3.51. The zero-order valence-corrected chi connectivity index (χ0v) is 27.1. The lowest BCUT2D eigenvalue weighted by Crippen LogP contribution is -2.50. The van der Waals surface area contributed by atoms with Crippen LogP contribution in [0.1, 0.15) is 52.0 Å². The molecule has 11 heteroatoms. The number of hydroxylamine groups is 2. The maximum atomic E-state index is 12.5. The van der Waals surface area contributed by atoms with Crippen molar-refractivity contribution in [1.29, 1.82) is 0 Å². The van der Waals surface area contributed by atoms with Gasteiger partial charge in [0.1, 0.15) is 22.2 Å². The number of hydrogen-bond donors (Lipinski definition) is 0. The first-order chi connectivity index (χ1) is 20.3. The smallest absolute Gasteiger partial charge is 0.333 e. The molecule has 2 aromatic rings. The molecule has 1 aliphatic carbocycles. The van der Waals surface area contributed by atoms with Gasteiger partial charge in [-0.15, -0.1) is 16.4 Å². The molecule has 1 fully saturated rings. The molecule has 0 unspecified atom stereocenters. The fourth-order valence-electron chi connectivity index (χ4n) is 5.88. The normalized spacial score (nSPS) is 17.1. The summed E-state index contributed by atoms with van der Waals surface area (Å²) in [6.45, 7) is 4.66. The highest BCUT2D eigenvalue weighted by atomic mass is 32.1. The second-order valence-corrected chi connectivity index (χ2v) is 17.1. The predicted octanol–water partition coefficient (Wildman–Crippen LogP) is 2.59. The lowest BCUT2D eigenvalue weighted by atomic mass is 9.86. The Kier molecular flexibility index (Phi) is 8.15. The number of carboxylic acid groups (broad SMARTS) is 1. The molecular formula is C32H35N3O6SSi. The van der Waals surface area contributed by atoms with E-state index in [0.717, 1.165) is 45.0 Å². The Morgan fingerprint density at radius 3 is 2.44 bits per heavy atom. The van der Waals surface area contributed by atoms with Crippen LogP contribution in [-0.2, 0) is 25.6 Å². The van der Waals surface area contributed by atoms with Crippen LogP contribution in [0.25, 0.3) is 5.57 Å². The van der Waals surface area contributed by atoms with Crippen molar-refractivity contribution in [2.45, 2.75) is 45.2 Å². The highest BCUT2D eigenvalue weighted by Crippen LogP contribution is 2.45. The van der Waals surface area contributed by atoms with E-state index in [-0.39, 0.29) is 24.1 Å². The SMILES string of the molecule is CN(C)c1ccc2c(c1)[Si](C)(C)C1=CC(=[N+](C)C)C=CC1=C2c1c(CCCC(=O)ON2C(=O)CCC2=O)csc1C(=O)[O-]. The van der Waals surface area contributed by atoms with E-state index < -0.39 is 31.8 Å². The van der Waals surface area contributed by atoms with Crippen molar-refractivity contribution in [3.05, 3.63) is 74.1 Å². The van der Waals surface area contributed by atoms with E-state index in [4.69, 9.17) is 4.84 Å². The topological polar surface area (TPSA) is 110 Å². The van der Waals surface area contributed by atoms with E-state index in [2.05, 4.69) is 59.0 Å². The summed E-state index contributed by atoms with van der Waals surface area (Å²) in [5, 5.41) is 17.3. The molecule has 0 radical (unpaired) electrons. The quantitative estimate of drug-likeness (QED) is 0.255. The van der Waals surface area contributed by atoms with E-state index in [1.54, 1.807) is 0 Å². The molecule has 3 aliphatic rings. The number of aryl methyl sites for hydroxylation is 1. The molecule has 0 saturated carbocycles. The Morgan fingerprint density at radius 1 is 1.12 bits per heavy atom. The number of fused-ring (bicyclic) bond motifs is 2. The number of rotatable bonds is 8. The molecule has 0 spiro atoms. The van der Waals surface area contributed by atoms with Crippen molar-refractivity contribution in [1.82, 2.24) is 5.06 Å². The van der Waals surface area contributed by atoms with Crippen LogP contribution in [0.4, 0.5) is 5.69 Å². The van der Waals surface area contributed by atoms with Crippen molar-refractivity contribution >= 4 is 65.3 Å². The number of anilines is 1. The Balaban J connectivity index is 1.59. The standard InChI is InChI=1S/C32H35N3O6SSi/c1-33(2)20-10-12-22-24(16-20)43(5,6)25-17-21(34(3)4)11-13-23(25)30(22)29-19(18-42-31(29)32(39)40)8-7-9-28(38)41-35-26(36)14-15-27(35)37/h10-13,16-18H,7-9,14-15H2,1-6H3. The number of hydrogen-bond acceptors (Lipinski definition) is 8. The molecule has 43 heavy (non-hydrogen) atoms. The van der Waals surface area contributed by atoms with Crippen LogP contribution in [0.15, 0.2) is 52.6 Å². The molecule has 2 amide bonds. The van der Waals surface area contributed by atoms with E-state index >= 15 is 0 Å². The van der Waals surface area contributed by atoms with Crippen molar-refractivity contribution in [2.75, 3.05) is 33.1 Å². The number of nitrogens with zero attached hydrogens (tertiary/aromatic N) is 3. The summed E-state index contributed by atoms with van der Waals surface area (Å²) in [6, 6.07) is 6.39. The molecule has 1 saturated heterocycles. The summed E-state index contributed by atoms with van der Waals surface area (Å²) in [7, 11) is 5.80. The maximum Gasteiger partial charge on any atom is 0.333 e. The van der Waals surface area contributed by atoms with Crippen LogP contribution in [0.5, 0.6) is 0 Å². The number of amides is 2. The Hall–Kier alpha value is -4.09. The van der Waals surface area contributed by atoms with Gasteiger partial charge in [-0.05, 0) is 69.1 Å². The van der Waals surface area contributed by atoms with Gasteiger partial charge in [-0.25, -0.2) is 9.37 Å². The van der Waals surface area contributed by atoms with Gasteiger partial charge < -0.3 is 19.6 Å². The summed E-state index contributed by atoms with van der Waals surface area (Å²) in [5.41, 5.74) is 6.45. The minimum atomic E-state index is -2.23. The summed E-state index contributed by atoms with van der Waals surface area (Å²) < 4.78 is 2.07. The molecular weight excluding hydrogens is 583 g/mol. The first-order valence-corrected chi connectivity index (χ1v) is 18.1. The molecule has 224 valence electrons. The van der Waals surface area contributed by atoms with Gasteiger partial charge in [0.25, 0.3) is 11.8 Å². The number of allylic oxidation sites excluding steroid dienone is 5. The lowest BCUT2D eigenvalue weighted by Gasteiger charge is -2.38. The van der Waals surface area contributed by atoms with Gasteiger partial charge in [-0.2, -0.15) is 0 Å². The van der Waals surface area contributed by atoms with Crippen LogP contribution >= 0.6 is 11.3 Å². The zero-order chi connectivity index (χ0) is 31.2. The van der Waals surface area contributed by atoms with Gasteiger partial charge in [0.05, 0.1) is 10.8 Å². The van der Waals surface area contributed by atoms with Gasteiger partial charge in [0.15, 0.2) is 5.71 Å². The molecule has 1 aromatic carbocycles. The van der Waals surface area contributed by atoms with E-state index in [1.807, 2.05) is 33.6 Å². The molecule has 2 aliphatic heterocycles. The third kappa shape index (κ3) is 5.54. The van der Waals surface area contributed by atoms with Crippen LogP contribution < -0.4 is 15.2 Å². The molecule has 1 aromatic heterocycles. The highest BCUT2D eigenvalue weighted by Gasteiger charge is 2.41. The van der Waals surface area contributed by atoms with Crippen LogP contribution in [0.3, 0.4) is 0 Å². The number of carboxylic acids is 1. The second kappa shape index (κ2) is 11.5. The maximum absolute atomic E-state index is 12.5. The Morgan fingerprint density at radius 2 is 1.81 bits per heavy atom. The first-order valence-electron chi connectivity index (χ1n) is 14.2. The molecule has 9 nitrogen and oxygen atoms in total. The van der Waals surface area contributed by atoms with Crippen LogP contribution in [0.2, 0.25) is 13.1 Å². The van der Waals surface area contributed by atoms with Crippen LogP contribution in [0, 0.1) is 0 Å². The predicted molar refractivity (Wildman–Crippen MR) is 167 cm³/mol. The average molecular weight is 618 g/mol. The first kappa shape index (κ1) is 30.4. The second-order valence-electron chi connectivity index (χ2n) is 11.9. The minimum absolute atomic E-state index is 0.0314. The van der Waals surface area contributed by atoms with Crippen molar-refractivity contribution < 1.29 is 33.7 Å². The lowest BCUT2D eigenvalue weighted by molar-refractivity contribution is -0.462. The molecule has 3 heterocycles. The van der Waals surface area contributed by atoms with E-state index in [9.17, 15) is 24.3 Å². The summed E-state index contributed by atoms with van der Waals surface area (Å²) in [4.78, 5) is 55.9. The fourth-order valence-corrected chi connectivity index (χ4v) is 9.89. The number of carbonyl (C=O) groups excluding carboxylic acids is 4. The fraction of sp³-hybridized carbons (Fsp3) is 0.344. The van der Waals surface area contributed by atoms with Gasteiger partial charge in [-0.3, -0.25) is 9.59 Å².